The summed E-state index contributed by atoms with van der Waals surface area (Å²) in [5.74, 6) is 0.470. The molecule has 1 heterocycles. The largest absolute Gasteiger partial charge is 0.507 e. The van der Waals surface area contributed by atoms with Gasteiger partial charge in [-0.05, 0) is 24.3 Å². The van der Waals surface area contributed by atoms with Crippen LogP contribution in [0.25, 0.3) is 11.0 Å². The van der Waals surface area contributed by atoms with Gasteiger partial charge in [-0.1, -0.05) is 12.1 Å². The SMILES string of the molecule is COc1cccc(O)c1C(=N)c1ccc2nccnc2c1. The first-order valence-electron chi connectivity index (χ1n) is 6.36. The number of hydrogen-bond acceptors (Lipinski definition) is 5. The first-order chi connectivity index (χ1) is 10.2. The van der Waals surface area contributed by atoms with E-state index in [1.165, 1.54) is 13.2 Å². The van der Waals surface area contributed by atoms with Crippen LogP contribution >= 0.6 is 0 Å². The monoisotopic (exact) mass is 279 g/mol. The van der Waals surface area contributed by atoms with Gasteiger partial charge in [-0.25, -0.2) is 0 Å². The Hall–Kier alpha value is -2.95. The molecule has 0 bridgehead atoms. The number of ether oxygens (including phenoxy) is 1. The van der Waals surface area contributed by atoms with Crippen molar-refractivity contribution in [3.63, 3.8) is 0 Å². The van der Waals surface area contributed by atoms with Crippen molar-refractivity contribution in [2.24, 2.45) is 0 Å². The smallest absolute Gasteiger partial charge is 0.131 e. The molecule has 3 rings (SSSR count). The highest BCUT2D eigenvalue weighted by atomic mass is 16.5. The lowest BCUT2D eigenvalue weighted by Crippen LogP contribution is -2.04. The number of nitrogens with zero attached hydrogens (tertiary/aromatic N) is 2. The van der Waals surface area contributed by atoms with Crippen molar-refractivity contribution in [1.29, 1.82) is 5.41 Å². The van der Waals surface area contributed by atoms with Crippen molar-refractivity contribution in [3.05, 3.63) is 59.9 Å². The minimum absolute atomic E-state index is 0.0126. The molecule has 0 radical (unpaired) electrons. The Morgan fingerprint density at radius 1 is 1.10 bits per heavy atom. The number of methoxy groups -OCH3 is 1. The van der Waals surface area contributed by atoms with Crippen molar-refractivity contribution in [3.8, 4) is 11.5 Å². The van der Waals surface area contributed by atoms with E-state index in [1.807, 2.05) is 0 Å². The van der Waals surface area contributed by atoms with Gasteiger partial charge in [-0.2, -0.15) is 0 Å². The van der Waals surface area contributed by atoms with Crippen LogP contribution in [-0.4, -0.2) is 27.9 Å². The van der Waals surface area contributed by atoms with Gasteiger partial charge in [0.05, 0.1) is 29.4 Å². The Bertz CT molecular complexity index is 831. The topological polar surface area (TPSA) is 79.1 Å². The molecule has 5 nitrogen and oxygen atoms in total. The van der Waals surface area contributed by atoms with Crippen LogP contribution in [0.15, 0.2) is 48.8 Å². The normalized spacial score (nSPS) is 10.5. The molecule has 0 unspecified atom stereocenters. The molecular weight excluding hydrogens is 266 g/mol. The van der Waals surface area contributed by atoms with Crippen LogP contribution in [0.5, 0.6) is 11.5 Å². The number of fused-ring (bicyclic) bond motifs is 1. The van der Waals surface area contributed by atoms with Crippen LogP contribution in [-0.2, 0) is 0 Å². The molecule has 0 atom stereocenters. The first kappa shape index (κ1) is 13.1. The molecule has 3 aromatic rings. The van der Waals surface area contributed by atoms with Crippen LogP contribution in [0.4, 0.5) is 0 Å². The molecule has 0 aliphatic rings. The lowest BCUT2D eigenvalue weighted by Gasteiger charge is -2.12. The van der Waals surface area contributed by atoms with Gasteiger partial charge in [-0.3, -0.25) is 15.4 Å². The van der Waals surface area contributed by atoms with E-state index in [1.54, 1.807) is 42.7 Å². The van der Waals surface area contributed by atoms with Crippen LogP contribution in [0, 0.1) is 5.41 Å². The molecule has 2 aromatic carbocycles. The number of aromatic nitrogens is 2. The number of hydrogen-bond donors (Lipinski definition) is 2. The quantitative estimate of drug-likeness (QED) is 0.722. The minimum atomic E-state index is 0.0126. The van der Waals surface area contributed by atoms with E-state index in [0.717, 1.165) is 5.52 Å². The third kappa shape index (κ3) is 2.29. The van der Waals surface area contributed by atoms with E-state index in [9.17, 15) is 5.11 Å². The molecule has 0 spiro atoms. The van der Waals surface area contributed by atoms with Crippen molar-refractivity contribution in [2.75, 3.05) is 7.11 Å². The van der Waals surface area contributed by atoms with Crippen LogP contribution in [0.2, 0.25) is 0 Å². The average Bonchev–Trinajstić information content (AvgIpc) is 2.53. The molecule has 5 heteroatoms. The number of nitrogens with one attached hydrogen (secondary N) is 1. The van der Waals surface area contributed by atoms with E-state index in [4.69, 9.17) is 10.1 Å². The molecule has 2 N–H and O–H groups in total. The summed E-state index contributed by atoms with van der Waals surface area (Å²) >= 11 is 0. The zero-order chi connectivity index (χ0) is 14.8. The molecule has 0 saturated carbocycles. The van der Waals surface area contributed by atoms with Gasteiger partial charge in [0.2, 0.25) is 0 Å². The molecule has 104 valence electrons. The lowest BCUT2D eigenvalue weighted by molar-refractivity contribution is 0.406. The third-order valence-corrected chi connectivity index (χ3v) is 3.23. The van der Waals surface area contributed by atoms with Gasteiger partial charge in [0.25, 0.3) is 0 Å². The van der Waals surface area contributed by atoms with Gasteiger partial charge in [0.15, 0.2) is 0 Å². The Morgan fingerprint density at radius 2 is 1.86 bits per heavy atom. The second-order valence-corrected chi connectivity index (χ2v) is 4.49. The highest BCUT2D eigenvalue weighted by Crippen LogP contribution is 2.30. The average molecular weight is 279 g/mol. The number of phenols is 1. The van der Waals surface area contributed by atoms with Gasteiger partial charge in [0.1, 0.15) is 11.5 Å². The number of phenolic OH excluding ortho intramolecular Hbond substituents is 1. The predicted molar refractivity (Wildman–Crippen MR) is 80.1 cm³/mol. The molecule has 0 amide bonds. The van der Waals surface area contributed by atoms with E-state index in [-0.39, 0.29) is 11.5 Å². The molecule has 21 heavy (non-hydrogen) atoms. The van der Waals surface area contributed by atoms with Crippen molar-refractivity contribution >= 4 is 16.7 Å². The zero-order valence-electron chi connectivity index (χ0n) is 11.4. The van der Waals surface area contributed by atoms with Gasteiger partial charge >= 0.3 is 0 Å². The molecular formula is C16H13N3O2. The Morgan fingerprint density at radius 3 is 2.62 bits per heavy atom. The van der Waals surface area contributed by atoms with Crippen LogP contribution in [0.3, 0.4) is 0 Å². The van der Waals surface area contributed by atoms with E-state index >= 15 is 0 Å². The Kier molecular flexibility index (Phi) is 3.23. The fraction of sp³-hybridized carbons (Fsp3) is 0.0625. The van der Waals surface area contributed by atoms with Crippen molar-refractivity contribution < 1.29 is 9.84 Å². The third-order valence-electron chi connectivity index (χ3n) is 3.23. The van der Waals surface area contributed by atoms with Crippen molar-refractivity contribution in [1.82, 2.24) is 9.97 Å². The second kappa shape index (κ2) is 5.20. The maximum absolute atomic E-state index is 10.0. The summed E-state index contributed by atoms with van der Waals surface area (Å²) in [4.78, 5) is 8.43. The second-order valence-electron chi connectivity index (χ2n) is 4.49. The molecule has 0 aliphatic heterocycles. The standard InChI is InChI=1S/C16H13N3O2/c1-21-14-4-2-3-13(20)15(14)16(17)10-5-6-11-12(9-10)19-8-7-18-11/h2-9,17,20H,1H3. The van der Waals surface area contributed by atoms with Crippen molar-refractivity contribution in [2.45, 2.75) is 0 Å². The summed E-state index contributed by atoms with van der Waals surface area (Å²) < 4.78 is 5.23. The summed E-state index contributed by atoms with van der Waals surface area (Å²) in [7, 11) is 1.51. The summed E-state index contributed by atoms with van der Waals surface area (Å²) in [6.45, 7) is 0. The highest BCUT2D eigenvalue weighted by molar-refractivity contribution is 6.15. The van der Waals surface area contributed by atoms with Gasteiger partial charge < -0.3 is 9.84 Å². The lowest BCUT2D eigenvalue weighted by atomic mass is 10.00. The van der Waals surface area contributed by atoms with Gasteiger partial charge in [0, 0.05) is 18.0 Å². The summed E-state index contributed by atoms with van der Waals surface area (Å²) in [6, 6.07) is 10.3. The number of rotatable bonds is 3. The first-order valence-corrected chi connectivity index (χ1v) is 6.36. The fourth-order valence-electron chi connectivity index (χ4n) is 2.20. The maximum atomic E-state index is 10.0. The minimum Gasteiger partial charge on any atom is -0.507 e. The molecule has 0 aliphatic carbocycles. The summed E-state index contributed by atoms with van der Waals surface area (Å²) in [6.07, 6.45) is 3.23. The molecule has 0 fully saturated rings. The highest BCUT2D eigenvalue weighted by Gasteiger charge is 2.15. The molecule has 1 aromatic heterocycles. The van der Waals surface area contributed by atoms with Crippen LogP contribution in [0.1, 0.15) is 11.1 Å². The molecule has 0 saturated heterocycles. The Labute approximate surface area is 121 Å². The fourth-order valence-corrected chi connectivity index (χ4v) is 2.20. The Balaban J connectivity index is 2.12. The van der Waals surface area contributed by atoms with E-state index in [2.05, 4.69) is 9.97 Å². The van der Waals surface area contributed by atoms with Crippen LogP contribution < -0.4 is 4.74 Å². The van der Waals surface area contributed by atoms with E-state index < -0.39 is 0 Å². The van der Waals surface area contributed by atoms with E-state index in [0.29, 0.717) is 22.4 Å². The summed E-state index contributed by atoms with van der Waals surface area (Å²) in [5, 5.41) is 18.4. The van der Waals surface area contributed by atoms with Gasteiger partial charge in [-0.15, -0.1) is 0 Å². The number of aromatic hydroxyl groups is 1. The number of benzene rings is 2. The summed E-state index contributed by atoms with van der Waals surface area (Å²) in [5.41, 5.74) is 2.65. The maximum Gasteiger partial charge on any atom is 0.131 e. The zero-order valence-corrected chi connectivity index (χ0v) is 11.4. The predicted octanol–water partition coefficient (Wildman–Crippen LogP) is 2.76.